The molecule has 0 saturated heterocycles. The van der Waals surface area contributed by atoms with Crippen LogP contribution in [0.15, 0.2) is 87.2 Å². The van der Waals surface area contributed by atoms with E-state index in [9.17, 15) is 13.2 Å². The van der Waals surface area contributed by atoms with Gasteiger partial charge in [0.1, 0.15) is 6.61 Å². The van der Waals surface area contributed by atoms with E-state index in [1.807, 2.05) is 12.1 Å². The Bertz CT molecular complexity index is 1260. The Morgan fingerprint density at radius 1 is 0.935 bits per heavy atom. The van der Waals surface area contributed by atoms with E-state index in [1.54, 1.807) is 48.5 Å². The number of hydrogen-bond acceptors (Lipinski definition) is 5. The Labute approximate surface area is 188 Å². The fourth-order valence-corrected chi connectivity index (χ4v) is 4.40. The molecule has 158 valence electrons. The highest BCUT2D eigenvalue weighted by molar-refractivity contribution is 9.10. The number of aliphatic imine (C=N–C) groups is 1. The number of para-hydroxylation sites is 2. The van der Waals surface area contributed by atoms with Crippen LogP contribution < -0.4 is 10.0 Å². The molecule has 0 spiro atoms. The maximum Gasteiger partial charge on any atom is 0.261 e. The minimum Gasteiger partial charge on any atom is -0.475 e. The van der Waals surface area contributed by atoms with Gasteiger partial charge >= 0.3 is 0 Å². The van der Waals surface area contributed by atoms with Crippen LogP contribution in [0.1, 0.15) is 15.9 Å². The Morgan fingerprint density at radius 2 is 1.61 bits per heavy atom. The van der Waals surface area contributed by atoms with Gasteiger partial charge < -0.3 is 10.1 Å². The zero-order valence-electron chi connectivity index (χ0n) is 16.2. The number of carbonyl (C=O) groups excluding carboxylic acids is 1. The van der Waals surface area contributed by atoms with Crippen molar-refractivity contribution in [2.75, 3.05) is 23.2 Å². The van der Waals surface area contributed by atoms with Crippen LogP contribution in [0.25, 0.3) is 0 Å². The molecule has 9 heteroatoms. The molecule has 0 aromatic heterocycles. The summed E-state index contributed by atoms with van der Waals surface area (Å²) < 4.78 is 34.4. The molecule has 0 bridgehead atoms. The molecule has 1 amide bonds. The summed E-state index contributed by atoms with van der Waals surface area (Å²) in [6.45, 7) is 1.07. The van der Waals surface area contributed by atoms with Crippen LogP contribution in [0.4, 0.5) is 11.4 Å². The zero-order valence-corrected chi connectivity index (χ0v) is 18.6. The number of anilines is 2. The second-order valence-electron chi connectivity index (χ2n) is 6.64. The molecule has 2 N–H and O–H groups in total. The lowest BCUT2D eigenvalue weighted by molar-refractivity contribution is 0.102. The summed E-state index contributed by atoms with van der Waals surface area (Å²) in [6, 6.07) is 19.8. The van der Waals surface area contributed by atoms with Crippen molar-refractivity contribution in [3.05, 3.63) is 88.4 Å². The average Bonchev–Trinajstić information content (AvgIpc) is 3.29. The van der Waals surface area contributed by atoms with E-state index in [0.717, 1.165) is 4.47 Å². The number of benzene rings is 3. The molecule has 7 nitrogen and oxygen atoms in total. The molecular weight excluding hydrogens is 482 g/mol. The highest BCUT2D eigenvalue weighted by Crippen LogP contribution is 2.24. The van der Waals surface area contributed by atoms with Crippen LogP contribution in [0.2, 0.25) is 0 Å². The number of ether oxygens (including phenoxy) is 1. The van der Waals surface area contributed by atoms with Crippen molar-refractivity contribution in [1.29, 1.82) is 0 Å². The van der Waals surface area contributed by atoms with Gasteiger partial charge in [0.05, 0.1) is 33.9 Å². The van der Waals surface area contributed by atoms with E-state index in [2.05, 4.69) is 31.0 Å². The van der Waals surface area contributed by atoms with Gasteiger partial charge in [-0.15, -0.1) is 0 Å². The summed E-state index contributed by atoms with van der Waals surface area (Å²) in [4.78, 5) is 17.4. The molecule has 0 atom stereocenters. The fraction of sp³-hybridized carbons (Fsp3) is 0.0909. The van der Waals surface area contributed by atoms with Gasteiger partial charge in [-0.25, -0.2) is 13.4 Å². The fourth-order valence-electron chi connectivity index (χ4n) is 3.05. The SMILES string of the molecule is O=C(Nc1ccccc1C1=NCCO1)c1ccccc1NS(=O)(=O)c1ccc(Br)cc1. The smallest absolute Gasteiger partial charge is 0.261 e. The van der Waals surface area contributed by atoms with Crippen LogP contribution in [0, 0.1) is 0 Å². The van der Waals surface area contributed by atoms with Crippen molar-refractivity contribution in [2.45, 2.75) is 4.90 Å². The lowest BCUT2D eigenvalue weighted by Gasteiger charge is -2.14. The third-order valence-corrected chi connectivity index (χ3v) is 6.44. The molecule has 31 heavy (non-hydrogen) atoms. The molecule has 4 rings (SSSR count). The average molecular weight is 500 g/mol. The highest BCUT2D eigenvalue weighted by atomic mass is 79.9. The van der Waals surface area contributed by atoms with E-state index in [4.69, 9.17) is 4.74 Å². The van der Waals surface area contributed by atoms with Crippen LogP contribution in [-0.2, 0) is 14.8 Å². The van der Waals surface area contributed by atoms with Gasteiger partial charge in [0, 0.05) is 4.47 Å². The second kappa shape index (κ2) is 8.91. The highest BCUT2D eigenvalue weighted by Gasteiger charge is 2.20. The minimum absolute atomic E-state index is 0.0904. The number of carbonyl (C=O) groups is 1. The number of sulfonamides is 1. The summed E-state index contributed by atoms with van der Waals surface area (Å²) in [5, 5.41) is 2.84. The number of nitrogens with zero attached hydrogens (tertiary/aromatic N) is 1. The summed E-state index contributed by atoms with van der Waals surface area (Å²) in [5.74, 6) is 0.0141. The predicted molar refractivity (Wildman–Crippen MR) is 123 cm³/mol. The standard InChI is InChI=1S/C22H18BrN3O4S/c23-15-9-11-16(12-10-15)31(28,29)26-20-8-4-1-5-17(20)21(27)25-19-7-3-2-6-18(19)22-24-13-14-30-22/h1-12,26H,13-14H2,(H,25,27). The normalized spacial score (nSPS) is 13.3. The van der Waals surface area contributed by atoms with Crippen molar-refractivity contribution < 1.29 is 17.9 Å². The Hall–Kier alpha value is -3.17. The van der Waals surface area contributed by atoms with Crippen molar-refractivity contribution >= 4 is 49.1 Å². The number of nitrogens with one attached hydrogen (secondary N) is 2. The van der Waals surface area contributed by atoms with E-state index >= 15 is 0 Å². The molecule has 0 fully saturated rings. The monoisotopic (exact) mass is 499 g/mol. The third kappa shape index (κ3) is 4.78. The minimum atomic E-state index is -3.87. The van der Waals surface area contributed by atoms with Gasteiger partial charge in [0.25, 0.3) is 15.9 Å². The van der Waals surface area contributed by atoms with E-state index < -0.39 is 15.9 Å². The molecular formula is C22H18BrN3O4S. The molecule has 0 aliphatic carbocycles. The number of halogens is 1. The van der Waals surface area contributed by atoms with Crippen molar-refractivity contribution in [3.8, 4) is 0 Å². The summed E-state index contributed by atoms with van der Waals surface area (Å²) in [6.07, 6.45) is 0. The van der Waals surface area contributed by atoms with Gasteiger partial charge in [-0.1, -0.05) is 40.2 Å². The third-order valence-electron chi connectivity index (χ3n) is 4.53. The lowest BCUT2D eigenvalue weighted by atomic mass is 10.1. The maximum atomic E-state index is 13.0. The molecule has 0 unspecified atom stereocenters. The first kappa shape index (κ1) is 21.1. The summed E-state index contributed by atoms with van der Waals surface area (Å²) in [5.41, 5.74) is 1.56. The van der Waals surface area contributed by atoms with Crippen LogP contribution in [0.3, 0.4) is 0 Å². The Morgan fingerprint density at radius 3 is 2.32 bits per heavy atom. The van der Waals surface area contributed by atoms with Gasteiger partial charge in [-0.3, -0.25) is 9.52 Å². The molecule has 1 aliphatic rings. The Balaban J connectivity index is 1.61. The van der Waals surface area contributed by atoms with Crippen molar-refractivity contribution in [2.24, 2.45) is 4.99 Å². The predicted octanol–water partition coefficient (Wildman–Crippen LogP) is 4.28. The summed E-state index contributed by atoms with van der Waals surface area (Å²) in [7, 11) is -3.87. The second-order valence-corrected chi connectivity index (χ2v) is 9.24. The molecule has 3 aromatic carbocycles. The van der Waals surface area contributed by atoms with Gasteiger partial charge in [0.15, 0.2) is 0 Å². The zero-order chi connectivity index (χ0) is 21.8. The van der Waals surface area contributed by atoms with Gasteiger partial charge in [-0.05, 0) is 48.5 Å². The molecule has 1 heterocycles. The number of amides is 1. The number of hydrogen-bond donors (Lipinski definition) is 2. The first-order valence-electron chi connectivity index (χ1n) is 9.39. The molecule has 0 saturated carbocycles. The Kier molecular flexibility index (Phi) is 6.06. The largest absolute Gasteiger partial charge is 0.475 e. The first-order chi connectivity index (χ1) is 14.9. The lowest BCUT2D eigenvalue weighted by Crippen LogP contribution is -2.19. The van der Waals surface area contributed by atoms with Crippen molar-refractivity contribution in [3.63, 3.8) is 0 Å². The van der Waals surface area contributed by atoms with Gasteiger partial charge in [0.2, 0.25) is 5.90 Å². The van der Waals surface area contributed by atoms with Crippen LogP contribution in [-0.4, -0.2) is 33.4 Å². The van der Waals surface area contributed by atoms with E-state index in [-0.39, 0.29) is 16.1 Å². The topological polar surface area (TPSA) is 96.9 Å². The van der Waals surface area contributed by atoms with Gasteiger partial charge in [-0.2, -0.15) is 0 Å². The molecule has 0 radical (unpaired) electrons. The van der Waals surface area contributed by atoms with E-state index in [0.29, 0.717) is 30.3 Å². The number of rotatable bonds is 6. The van der Waals surface area contributed by atoms with Crippen molar-refractivity contribution in [1.82, 2.24) is 0 Å². The summed E-state index contributed by atoms with van der Waals surface area (Å²) >= 11 is 3.29. The van der Waals surface area contributed by atoms with Crippen LogP contribution >= 0.6 is 15.9 Å². The first-order valence-corrected chi connectivity index (χ1v) is 11.7. The molecule has 3 aromatic rings. The quantitative estimate of drug-likeness (QED) is 0.528. The van der Waals surface area contributed by atoms with E-state index in [1.165, 1.54) is 12.1 Å². The molecule has 1 aliphatic heterocycles. The van der Waals surface area contributed by atoms with Crippen LogP contribution in [0.5, 0.6) is 0 Å². The maximum absolute atomic E-state index is 13.0.